The second-order valence-electron chi connectivity index (χ2n) is 14.8. The molecule has 4 aromatic carbocycles. The van der Waals surface area contributed by atoms with Gasteiger partial charge in [0.05, 0.1) is 16.7 Å². The van der Waals surface area contributed by atoms with Crippen LogP contribution in [0.5, 0.6) is 0 Å². The zero-order valence-electron chi connectivity index (χ0n) is 26.1. The standard InChI is InChI=1S/C40H35N3O/c1-38(2)22-39(3,4)35-34(38)37(44)41-36-26-14-11-17-32(25(26)18-19-42(35)36)43-31-16-10-8-13-24(31)28-20-27-23-12-7-9-15-29(23)40(5,6)30(27)21-33(28)43/h7-21H,22H2,1-6H3. The third-order valence-electron chi connectivity index (χ3n) is 10.7. The van der Waals surface area contributed by atoms with Crippen molar-refractivity contribution < 1.29 is 0 Å². The zero-order chi connectivity index (χ0) is 30.3. The number of aromatic nitrogens is 3. The van der Waals surface area contributed by atoms with Crippen molar-refractivity contribution in [2.75, 3.05) is 0 Å². The topological polar surface area (TPSA) is 39.3 Å². The maximum Gasteiger partial charge on any atom is 0.277 e. The van der Waals surface area contributed by atoms with Gasteiger partial charge in [-0.15, -0.1) is 0 Å². The molecule has 3 heterocycles. The fourth-order valence-electron chi connectivity index (χ4n) is 9.11. The Labute approximate surface area is 256 Å². The number of para-hydroxylation sites is 1. The van der Waals surface area contributed by atoms with E-state index in [9.17, 15) is 4.79 Å². The highest BCUT2D eigenvalue weighted by molar-refractivity contribution is 6.13. The lowest BCUT2D eigenvalue weighted by atomic mass is 9.82. The summed E-state index contributed by atoms with van der Waals surface area (Å²) in [5.41, 5.74) is 11.0. The van der Waals surface area contributed by atoms with Crippen LogP contribution in [-0.2, 0) is 16.2 Å². The summed E-state index contributed by atoms with van der Waals surface area (Å²) in [6.07, 6.45) is 3.06. The van der Waals surface area contributed by atoms with Crippen molar-refractivity contribution in [1.29, 1.82) is 0 Å². The SMILES string of the molecule is CC1(C)CC(C)(C)c2c1c(=O)nc1c3cccc(-n4c5ccccc5c5cc6c(cc54)C(C)(C)c4ccccc4-6)c3ccn21. The lowest BCUT2D eigenvalue weighted by Crippen LogP contribution is -2.26. The van der Waals surface area contributed by atoms with Gasteiger partial charge in [-0.25, -0.2) is 0 Å². The first kappa shape index (κ1) is 25.8. The van der Waals surface area contributed by atoms with E-state index in [2.05, 4.69) is 142 Å². The maximum absolute atomic E-state index is 13.7. The van der Waals surface area contributed by atoms with E-state index >= 15 is 0 Å². The molecule has 0 N–H and O–H groups in total. The van der Waals surface area contributed by atoms with Gasteiger partial charge in [0.2, 0.25) is 0 Å². The largest absolute Gasteiger partial charge is 0.309 e. The van der Waals surface area contributed by atoms with Crippen LogP contribution in [0.25, 0.3) is 55.0 Å². The molecule has 216 valence electrons. The smallest absolute Gasteiger partial charge is 0.277 e. The molecule has 0 saturated heterocycles. The van der Waals surface area contributed by atoms with Crippen molar-refractivity contribution in [3.05, 3.63) is 124 Å². The monoisotopic (exact) mass is 573 g/mol. The highest BCUT2D eigenvalue weighted by Gasteiger charge is 2.46. The molecule has 44 heavy (non-hydrogen) atoms. The second kappa shape index (κ2) is 8.06. The third kappa shape index (κ3) is 3.08. The minimum atomic E-state index is -0.211. The molecule has 3 aromatic heterocycles. The first-order valence-corrected chi connectivity index (χ1v) is 15.7. The number of rotatable bonds is 1. The van der Waals surface area contributed by atoms with Crippen LogP contribution < -0.4 is 5.56 Å². The van der Waals surface area contributed by atoms with Crippen molar-refractivity contribution in [2.24, 2.45) is 0 Å². The Hall–Kier alpha value is -4.70. The quantitative estimate of drug-likeness (QED) is 0.184. The average molecular weight is 574 g/mol. The van der Waals surface area contributed by atoms with Crippen LogP contribution in [0.1, 0.15) is 70.3 Å². The first-order chi connectivity index (χ1) is 21.0. The Balaban J connectivity index is 1.38. The highest BCUT2D eigenvalue weighted by Crippen LogP contribution is 2.51. The Morgan fingerprint density at radius 1 is 0.659 bits per heavy atom. The summed E-state index contributed by atoms with van der Waals surface area (Å²) in [6.45, 7) is 13.5. The Bertz CT molecular complexity index is 2470. The summed E-state index contributed by atoms with van der Waals surface area (Å²) in [7, 11) is 0. The summed E-state index contributed by atoms with van der Waals surface area (Å²) in [5.74, 6) is 0. The van der Waals surface area contributed by atoms with Crippen molar-refractivity contribution in [3.63, 3.8) is 0 Å². The van der Waals surface area contributed by atoms with Gasteiger partial charge in [0.1, 0.15) is 5.65 Å². The van der Waals surface area contributed by atoms with Crippen molar-refractivity contribution in [1.82, 2.24) is 14.0 Å². The predicted octanol–water partition coefficient (Wildman–Crippen LogP) is 9.21. The summed E-state index contributed by atoms with van der Waals surface area (Å²) in [5, 5.41) is 4.56. The Kier molecular flexibility index (Phi) is 4.72. The molecule has 0 spiro atoms. The molecule has 2 aliphatic carbocycles. The maximum atomic E-state index is 13.7. The molecule has 0 unspecified atom stereocenters. The molecule has 0 saturated carbocycles. The van der Waals surface area contributed by atoms with Crippen LogP contribution in [-0.4, -0.2) is 14.0 Å². The van der Waals surface area contributed by atoms with Gasteiger partial charge in [0.25, 0.3) is 5.56 Å². The van der Waals surface area contributed by atoms with Gasteiger partial charge >= 0.3 is 0 Å². The van der Waals surface area contributed by atoms with Gasteiger partial charge in [-0.1, -0.05) is 96.1 Å². The van der Waals surface area contributed by atoms with Crippen LogP contribution in [0.3, 0.4) is 0 Å². The minimum absolute atomic E-state index is 0.0947. The van der Waals surface area contributed by atoms with E-state index in [4.69, 9.17) is 4.98 Å². The molecule has 0 bridgehead atoms. The number of nitrogens with zero attached hydrogens (tertiary/aromatic N) is 3. The summed E-state index contributed by atoms with van der Waals surface area (Å²) >= 11 is 0. The van der Waals surface area contributed by atoms with Gasteiger partial charge < -0.3 is 8.97 Å². The lowest BCUT2D eigenvalue weighted by molar-refractivity contribution is 0.397. The molecular weight excluding hydrogens is 538 g/mol. The second-order valence-corrected chi connectivity index (χ2v) is 14.8. The molecule has 4 heteroatoms. The zero-order valence-corrected chi connectivity index (χ0v) is 26.1. The summed E-state index contributed by atoms with van der Waals surface area (Å²) < 4.78 is 4.61. The van der Waals surface area contributed by atoms with Gasteiger partial charge in [-0.05, 0) is 64.4 Å². The van der Waals surface area contributed by atoms with Crippen LogP contribution in [0.15, 0.2) is 95.9 Å². The predicted molar refractivity (Wildman–Crippen MR) is 182 cm³/mol. The van der Waals surface area contributed by atoms with E-state index < -0.39 is 0 Å². The summed E-state index contributed by atoms with van der Waals surface area (Å²) in [6, 6.07) is 31.0. The van der Waals surface area contributed by atoms with Gasteiger partial charge in [-0.3, -0.25) is 4.79 Å². The number of benzene rings is 4. The number of hydrogen-bond donors (Lipinski definition) is 0. The molecule has 0 fully saturated rings. The van der Waals surface area contributed by atoms with Crippen LogP contribution >= 0.6 is 0 Å². The molecule has 0 atom stereocenters. The van der Waals surface area contributed by atoms with Gasteiger partial charge in [-0.2, -0.15) is 4.98 Å². The van der Waals surface area contributed by atoms with E-state index in [0.717, 1.165) is 39.8 Å². The molecule has 0 radical (unpaired) electrons. The molecule has 2 aliphatic rings. The summed E-state index contributed by atoms with van der Waals surface area (Å²) in [4.78, 5) is 18.4. The van der Waals surface area contributed by atoms with Crippen molar-refractivity contribution in [3.8, 4) is 16.8 Å². The van der Waals surface area contributed by atoms with Crippen LogP contribution in [0.2, 0.25) is 0 Å². The van der Waals surface area contributed by atoms with E-state index in [0.29, 0.717) is 0 Å². The molecule has 7 aromatic rings. The Morgan fingerprint density at radius 2 is 1.41 bits per heavy atom. The third-order valence-corrected chi connectivity index (χ3v) is 10.7. The van der Waals surface area contributed by atoms with E-state index in [1.807, 2.05) is 0 Å². The minimum Gasteiger partial charge on any atom is -0.309 e. The lowest BCUT2D eigenvalue weighted by Gasteiger charge is -2.23. The van der Waals surface area contributed by atoms with Crippen molar-refractivity contribution in [2.45, 2.75) is 64.2 Å². The fourth-order valence-corrected chi connectivity index (χ4v) is 9.11. The van der Waals surface area contributed by atoms with Gasteiger partial charge in [0.15, 0.2) is 0 Å². The molecule has 9 rings (SSSR count). The van der Waals surface area contributed by atoms with E-state index in [1.165, 1.54) is 44.1 Å². The van der Waals surface area contributed by atoms with Crippen LogP contribution in [0, 0.1) is 0 Å². The normalized spacial score (nSPS) is 17.4. The number of fused-ring (bicyclic) bond motifs is 11. The molecule has 4 nitrogen and oxygen atoms in total. The molecule has 0 aliphatic heterocycles. The van der Waals surface area contributed by atoms with Crippen LogP contribution in [0.4, 0.5) is 0 Å². The van der Waals surface area contributed by atoms with Gasteiger partial charge in [0, 0.05) is 49.8 Å². The Morgan fingerprint density at radius 3 is 2.25 bits per heavy atom. The van der Waals surface area contributed by atoms with E-state index in [1.54, 1.807) is 0 Å². The molecular formula is C40H35N3O. The first-order valence-electron chi connectivity index (χ1n) is 15.7. The molecule has 0 amide bonds. The van der Waals surface area contributed by atoms with Crippen molar-refractivity contribution >= 4 is 38.2 Å². The fraction of sp³-hybridized carbons (Fsp3) is 0.250. The number of hydrogen-bond acceptors (Lipinski definition) is 2. The van der Waals surface area contributed by atoms with E-state index in [-0.39, 0.29) is 21.8 Å². The highest BCUT2D eigenvalue weighted by atomic mass is 16.1. The number of pyridine rings is 1. The average Bonchev–Trinajstić information content (AvgIpc) is 3.51.